The van der Waals surface area contributed by atoms with E-state index in [1.807, 2.05) is 0 Å². The third-order valence-electron chi connectivity index (χ3n) is 2.99. The van der Waals surface area contributed by atoms with Crippen LogP contribution in [0.5, 0.6) is 0 Å². The average Bonchev–Trinajstić information content (AvgIpc) is 3.01. The van der Waals surface area contributed by atoms with Gasteiger partial charge in [-0.2, -0.15) is 5.10 Å². The molecule has 0 aliphatic heterocycles. The predicted molar refractivity (Wildman–Crippen MR) is 70.7 cm³/mol. The van der Waals surface area contributed by atoms with Gasteiger partial charge in [-0.05, 0) is 18.2 Å². The van der Waals surface area contributed by atoms with E-state index in [9.17, 15) is 4.39 Å². The molecule has 0 amide bonds. The van der Waals surface area contributed by atoms with E-state index in [4.69, 9.17) is 10.2 Å². The number of hydrogen-bond acceptors (Lipinski definition) is 3. The molecule has 0 fully saturated rings. The minimum Gasteiger partial charge on any atom is -0.463 e. The van der Waals surface area contributed by atoms with E-state index in [-0.39, 0.29) is 5.82 Å². The highest BCUT2D eigenvalue weighted by Gasteiger charge is 2.21. The molecule has 2 aromatic heterocycles. The Kier molecular flexibility index (Phi) is 2.59. The standard InChI is InChI=1S/C14H12FN3O/c1-18-14(16)12(9-5-2-3-6-10(9)15)13(17-18)11-7-4-8-19-11/h2-8H,16H2,1H3. The number of nitrogens with two attached hydrogens (primary N) is 1. The summed E-state index contributed by atoms with van der Waals surface area (Å²) in [7, 11) is 1.71. The lowest BCUT2D eigenvalue weighted by atomic mass is 10.0. The molecule has 0 radical (unpaired) electrons. The second-order valence-electron chi connectivity index (χ2n) is 4.19. The van der Waals surface area contributed by atoms with Gasteiger partial charge in [-0.25, -0.2) is 4.39 Å². The molecule has 3 rings (SSSR count). The number of aromatic nitrogens is 2. The van der Waals surface area contributed by atoms with Gasteiger partial charge in [0, 0.05) is 12.6 Å². The number of aryl methyl sites for hydroxylation is 1. The fraction of sp³-hybridized carbons (Fsp3) is 0.0714. The van der Waals surface area contributed by atoms with E-state index in [2.05, 4.69) is 5.10 Å². The summed E-state index contributed by atoms with van der Waals surface area (Å²) in [6.07, 6.45) is 1.55. The molecular formula is C14H12FN3O. The molecule has 96 valence electrons. The van der Waals surface area contributed by atoms with Gasteiger partial charge in [0.2, 0.25) is 0 Å². The molecule has 0 aliphatic carbocycles. The highest BCUT2D eigenvalue weighted by Crippen LogP contribution is 2.37. The second kappa shape index (κ2) is 4.28. The van der Waals surface area contributed by atoms with Crippen LogP contribution in [-0.4, -0.2) is 9.78 Å². The fourth-order valence-electron chi connectivity index (χ4n) is 2.05. The summed E-state index contributed by atoms with van der Waals surface area (Å²) in [5.74, 6) is 0.622. The van der Waals surface area contributed by atoms with Gasteiger partial charge in [0.05, 0.1) is 11.8 Å². The van der Waals surface area contributed by atoms with E-state index in [0.717, 1.165) is 0 Å². The second-order valence-corrected chi connectivity index (χ2v) is 4.19. The molecule has 1 aromatic carbocycles. The highest BCUT2D eigenvalue weighted by atomic mass is 19.1. The van der Waals surface area contributed by atoms with E-state index in [1.54, 1.807) is 43.6 Å². The van der Waals surface area contributed by atoms with Crippen LogP contribution in [-0.2, 0) is 7.05 Å². The monoisotopic (exact) mass is 257 g/mol. The summed E-state index contributed by atoms with van der Waals surface area (Å²) in [6.45, 7) is 0. The topological polar surface area (TPSA) is 57.0 Å². The van der Waals surface area contributed by atoms with Crippen molar-refractivity contribution in [1.29, 1.82) is 0 Å². The van der Waals surface area contributed by atoms with Gasteiger partial charge in [-0.3, -0.25) is 4.68 Å². The normalized spacial score (nSPS) is 10.8. The maximum Gasteiger partial charge on any atom is 0.154 e. The highest BCUT2D eigenvalue weighted by molar-refractivity contribution is 5.86. The van der Waals surface area contributed by atoms with Gasteiger partial charge in [-0.1, -0.05) is 18.2 Å². The minimum atomic E-state index is -0.338. The van der Waals surface area contributed by atoms with Gasteiger partial charge < -0.3 is 10.2 Å². The summed E-state index contributed by atoms with van der Waals surface area (Å²) in [4.78, 5) is 0. The summed E-state index contributed by atoms with van der Waals surface area (Å²) >= 11 is 0. The molecule has 0 saturated heterocycles. The molecule has 0 spiro atoms. The summed E-state index contributed by atoms with van der Waals surface area (Å²) < 4.78 is 20.8. The third-order valence-corrected chi connectivity index (χ3v) is 2.99. The summed E-state index contributed by atoms with van der Waals surface area (Å²) in [5, 5.41) is 4.30. The number of anilines is 1. The molecule has 5 heteroatoms. The molecule has 0 atom stereocenters. The Morgan fingerprint density at radius 3 is 2.68 bits per heavy atom. The predicted octanol–water partition coefficient (Wildman–Crippen LogP) is 3.07. The Morgan fingerprint density at radius 1 is 1.21 bits per heavy atom. The van der Waals surface area contributed by atoms with E-state index < -0.39 is 0 Å². The Bertz CT molecular complexity index is 716. The maximum absolute atomic E-state index is 14.0. The lowest BCUT2D eigenvalue weighted by Crippen LogP contribution is -1.98. The van der Waals surface area contributed by atoms with Gasteiger partial charge >= 0.3 is 0 Å². The molecule has 2 N–H and O–H groups in total. The first-order valence-electron chi connectivity index (χ1n) is 5.79. The lowest BCUT2D eigenvalue weighted by Gasteiger charge is -2.04. The largest absolute Gasteiger partial charge is 0.463 e. The average molecular weight is 257 g/mol. The number of nitrogens with zero attached hydrogens (tertiary/aromatic N) is 2. The number of nitrogen functional groups attached to an aromatic ring is 1. The number of benzene rings is 1. The van der Waals surface area contributed by atoms with Crippen molar-refractivity contribution in [2.75, 3.05) is 5.73 Å². The molecule has 3 aromatic rings. The van der Waals surface area contributed by atoms with Crippen molar-refractivity contribution in [1.82, 2.24) is 9.78 Å². The summed E-state index contributed by atoms with van der Waals surface area (Å²) in [6, 6.07) is 10.00. The van der Waals surface area contributed by atoms with Crippen LogP contribution in [0, 0.1) is 5.82 Å². The molecule has 0 unspecified atom stereocenters. The van der Waals surface area contributed by atoms with Crippen molar-refractivity contribution in [3.8, 4) is 22.6 Å². The maximum atomic E-state index is 14.0. The first kappa shape index (κ1) is 11.5. The van der Waals surface area contributed by atoms with Crippen LogP contribution < -0.4 is 5.73 Å². The lowest BCUT2D eigenvalue weighted by molar-refractivity contribution is 0.578. The van der Waals surface area contributed by atoms with Crippen molar-refractivity contribution in [3.63, 3.8) is 0 Å². The van der Waals surface area contributed by atoms with Crippen molar-refractivity contribution in [2.45, 2.75) is 0 Å². The molecule has 0 bridgehead atoms. The van der Waals surface area contributed by atoms with Gasteiger partial charge in [0.25, 0.3) is 0 Å². The molecule has 4 nitrogen and oxygen atoms in total. The quantitative estimate of drug-likeness (QED) is 0.767. The zero-order valence-electron chi connectivity index (χ0n) is 10.3. The van der Waals surface area contributed by atoms with Gasteiger partial charge in [0.15, 0.2) is 5.76 Å². The summed E-state index contributed by atoms with van der Waals surface area (Å²) in [5.41, 5.74) is 7.51. The van der Waals surface area contributed by atoms with Crippen LogP contribution in [0.4, 0.5) is 10.2 Å². The zero-order chi connectivity index (χ0) is 13.4. The Morgan fingerprint density at radius 2 is 2.00 bits per heavy atom. The Labute approximate surface area is 109 Å². The van der Waals surface area contributed by atoms with Crippen LogP contribution in [0.2, 0.25) is 0 Å². The number of furan rings is 1. The number of halogens is 1. The van der Waals surface area contributed by atoms with Crippen molar-refractivity contribution in [2.24, 2.45) is 7.05 Å². The molecule has 0 aliphatic rings. The van der Waals surface area contributed by atoms with Crippen LogP contribution in [0.1, 0.15) is 0 Å². The van der Waals surface area contributed by atoms with Crippen LogP contribution in [0.3, 0.4) is 0 Å². The third kappa shape index (κ3) is 1.79. The van der Waals surface area contributed by atoms with Crippen molar-refractivity contribution >= 4 is 5.82 Å². The number of rotatable bonds is 2. The molecule has 0 saturated carbocycles. The van der Waals surface area contributed by atoms with Gasteiger partial charge in [-0.15, -0.1) is 0 Å². The smallest absolute Gasteiger partial charge is 0.154 e. The zero-order valence-corrected chi connectivity index (χ0v) is 10.3. The molecule has 2 heterocycles. The van der Waals surface area contributed by atoms with Crippen LogP contribution in [0.25, 0.3) is 22.6 Å². The van der Waals surface area contributed by atoms with Crippen LogP contribution >= 0.6 is 0 Å². The van der Waals surface area contributed by atoms with Gasteiger partial charge in [0.1, 0.15) is 17.3 Å². The molecular weight excluding hydrogens is 245 g/mol. The first-order valence-corrected chi connectivity index (χ1v) is 5.79. The van der Waals surface area contributed by atoms with Crippen molar-refractivity contribution < 1.29 is 8.81 Å². The first-order chi connectivity index (χ1) is 9.18. The fourth-order valence-corrected chi connectivity index (χ4v) is 2.05. The van der Waals surface area contributed by atoms with E-state index in [0.29, 0.717) is 28.4 Å². The van der Waals surface area contributed by atoms with E-state index >= 15 is 0 Å². The number of hydrogen-bond donors (Lipinski definition) is 1. The van der Waals surface area contributed by atoms with Crippen LogP contribution in [0.15, 0.2) is 47.1 Å². The van der Waals surface area contributed by atoms with E-state index in [1.165, 1.54) is 10.7 Å². The molecule has 19 heavy (non-hydrogen) atoms. The van der Waals surface area contributed by atoms with Crippen molar-refractivity contribution in [3.05, 3.63) is 48.5 Å². The Balaban J connectivity index is 2.29. The Hall–Kier alpha value is -2.56. The SMILES string of the molecule is Cn1nc(-c2ccco2)c(-c2ccccc2F)c1N. The minimum absolute atomic E-state index is 0.338.